The lowest BCUT2D eigenvalue weighted by molar-refractivity contribution is -0.129. The largest absolute Gasteiger partial charge is 0.374 e. The number of ketones is 1. The summed E-state index contributed by atoms with van der Waals surface area (Å²) in [4.78, 5) is 55.0. The standard InChI is InChI=1S/C32H44N8O5/c1-21-25-20-34-32(36-29(25)40(24-9-6-7-10-24)31(44)28(21)22(2)41)35-26-13-12-23(19-33-26)30(43)39-17-15-38(16-18-39)14-8-4-3-5-11-27(42)37-45/h12-13,19-20,24,30,43,45H,3-11,14-18H2,1-2H3,(H,37,42)(H,33,34,35,36). The molecule has 1 amide bonds. The molecule has 3 aromatic rings. The number of fused-ring (bicyclic) bond motifs is 1. The number of hydrogen-bond donors (Lipinski definition) is 4. The van der Waals surface area contributed by atoms with E-state index in [0.29, 0.717) is 40.3 Å². The number of carbonyl (C=O) groups is 2. The van der Waals surface area contributed by atoms with Crippen molar-refractivity contribution in [3.63, 3.8) is 0 Å². The van der Waals surface area contributed by atoms with Crippen molar-refractivity contribution < 1.29 is 19.9 Å². The summed E-state index contributed by atoms with van der Waals surface area (Å²) >= 11 is 0. The van der Waals surface area contributed by atoms with E-state index in [2.05, 4.69) is 20.2 Å². The predicted molar refractivity (Wildman–Crippen MR) is 170 cm³/mol. The van der Waals surface area contributed by atoms with E-state index in [-0.39, 0.29) is 28.9 Å². The van der Waals surface area contributed by atoms with Crippen LogP contribution in [0.15, 0.2) is 29.3 Å². The number of nitrogens with zero attached hydrogens (tertiary/aromatic N) is 6. The molecule has 1 aliphatic carbocycles. The first-order valence-electron chi connectivity index (χ1n) is 16.0. The quantitative estimate of drug-likeness (QED) is 0.0954. The van der Waals surface area contributed by atoms with Crippen molar-refractivity contribution in [1.29, 1.82) is 0 Å². The van der Waals surface area contributed by atoms with Crippen LogP contribution >= 0.6 is 0 Å². The zero-order chi connectivity index (χ0) is 31.9. The third-order valence-corrected chi connectivity index (χ3v) is 9.08. The molecule has 0 bridgehead atoms. The van der Waals surface area contributed by atoms with Gasteiger partial charge in [0.1, 0.15) is 17.7 Å². The summed E-state index contributed by atoms with van der Waals surface area (Å²) in [5.41, 5.74) is 3.40. The monoisotopic (exact) mass is 620 g/mol. The van der Waals surface area contributed by atoms with Crippen LogP contribution in [-0.2, 0) is 4.79 Å². The minimum atomic E-state index is -0.761. The molecule has 0 radical (unpaired) electrons. The van der Waals surface area contributed by atoms with Crippen molar-refractivity contribution in [2.75, 3.05) is 38.0 Å². The van der Waals surface area contributed by atoms with Crippen LogP contribution in [0.25, 0.3) is 11.0 Å². The number of piperazine rings is 1. The summed E-state index contributed by atoms with van der Waals surface area (Å²) in [7, 11) is 0. The van der Waals surface area contributed by atoms with E-state index in [1.165, 1.54) is 6.92 Å². The molecule has 4 N–H and O–H groups in total. The van der Waals surface area contributed by atoms with Gasteiger partial charge in [-0.05, 0) is 63.8 Å². The fraction of sp³-hybridized carbons (Fsp3) is 0.562. The maximum Gasteiger partial charge on any atom is 0.263 e. The summed E-state index contributed by atoms with van der Waals surface area (Å²) in [6, 6.07) is 3.61. The molecule has 5 rings (SSSR count). The molecule has 242 valence electrons. The van der Waals surface area contributed by atoms with Crippen LogP contribution in [0.1, 0.15) is 98.5 Å². The van der Waals surface area contributed by atoms with Gasteiger partial charge in [0.2, 0.25) is 11.9 Å². The number of amides is 1. The predicted octanol–water partition coefficient (Wildman–Crippen LogP) is 3.62. The summed E-state index contributed by atoms with van der Waals surface area (Å²) < 4.78 is 1.69. The van der Waals surface area contributed by atoms with Gasteiger partial charge in [-0.3, -0.25) is 29.1 Å². The van der Waals surface area contributed by atoms with E-state index in [0.717, 1.165) is 84.1 Å². The van der Waals surface area contributed by atoms with E-state index in [4.69, 9.17) is 10.2 Å². The van der Waals surface area contributed by atoms with Crippen LogP contribution in [-0.4, -0.2) is 84.0 Å². The third kappa shape index (κ3) is 7.72. The number of nitrogens with one attached hydrogen (secondary N) is 2. The van der Waals surface area contributed by atoms with Gasteiger partial charge in [-0.2, -0.15) is 4.98 Å². The second-order valence-corrected chi connectivity index (χ2v) is 12.2. The SMILES string of the molecule is CC(=O)c1c(C)c2cnc(Nc3ccc(C(O)N4CCN(CCCCCCC(=O)NO)CC4)cn3)nc2n(C2CCCC2)c1=O. The molecule has 13 heteroatoms. The molecule has 1 saturated heterocycles. The molecular weight excluding hydrogens is 576 g/mol. The molecular formula is C32H44N8O5. The number of pyridine rings is 2. The van der Waals surface area contributed by atoms with E-state index >= 15 is 0 Å². The van der Waals surface area contributed by atoms with E-state index in [1.807, 2.05) is 11.0 Å². The molecule has 4 heterocycles. The van der Waals surface area contributed by atoms with Gasteiger partial charge in [0, 0.05) is 62.0 Å². The van der Waals surface area contributed by atoms with Crippen molar-refractivity contribution in [2.45, 2.75) is 83.9 Å². The minimum absolute atomic E-state index is 0.000973. The van der Waals surface area contributed by atoms with Crippen molar-refractivity contribution in [1.82, 2.24) is 34.8 Å². The molecule has 2 fully saturated rings. The first-order valence-corrected chi connectivity index (χ1v) is 16.0. The maximum atomic E-state index is 13.5. The lowest BCUT2D eigenvalue weighted by atomic mass is 10.0. The van der Waals surface area contributed by atoms with Crippen LogP contribution in [0.2, 0.25) is 0 Å². The average molecular weight is 621 g/mol. The molecule has 1 atom stereocenters. The molecule has 45 heavy (non-hydrogen) atoms. The number of Topliss-reactive ketones (excluding diaryl/α,β-unsaturated/α-hetero) is 1. The van der Waals surface area contributed by atoms with E-state index in [1.54, 1.807) is 35.4 Å². The Morgan fingerprint density at radius 1 is 1.02 bits per heavy atom. The summed E-state index contributed by atoms with van der Waals surface area (Å²) in [6.45, 7) is 7.42. The van der Waals surface area contributed by atoms with Gasteiger partial charge in [-0.1, -0.05) is 25.7 Å². The topological polar surface area (TPSA) is 166 Å². The van der Waals surface area contributed by atoms with Gasteiger partial charge >= 0.3 is 0 Å². The van der Waals surface area contributed by atoms with E-state index in [9.17, 15) is 19.5 Å². The number of unbranched alkanes of at least 4 members (excludes halogenated alkanes) is 3. The number of hydroxylamine groups is 1. The second-order valence-electron chi connectivity index (χ2n) is 12.2. The number of aromatic nitrogens is 4. The number of aliphatic hydroxyl groups excluding tert-OH is 1. The molecule has 0 spiro atoms. The van der Waals surface area contributed by atoms with Gasteiger partial charge in [0.15, 0.2) is 5.78 Å². The van der Waals surface area contributed by atoms with Crippen molar-refractivity contribution in [3.8, 4) is 0 Å². The zero-order valence-electron chi connectivity index (χ0n) is 26.2. The average Bonchev–Trinajstić information content (AvgIpc) is 3.57. The number of aryl methyl sites for hydroxylation is 1. The lowest BCUT2D eigenvalue weighted by Crippen LogP contribution is -2.47. The summed E-state index contributed by atoms with van der Waals surface area (Å²) in [6.07, 6.45) is 10.5. The van der Waals surface area contributed by atoms with Crippen molar-refractivity contribution in [2.24, 2.45) is 0 Å². The number of hydrogen-bond acceptors (Lipinski definition) is 11. The third-order valence-electron chi connectivity index (χ3n) is 9.08. The molecule has 2 aliphatic rings. The Morgan fingerprint density at radius 3 is 2.42 bits per heavy atom. The van der Waals surface area contributed by atoms with Crippen LogP contribution in [0.4, 0.5) is 11.8 Å². The Bertz CT molecular complexity index is 1550. The zero-order valence-corrected chi connectivity index (χ0v) is 26.2. The Morgan fingerprint density at radius 2 is 1.76 bits per heavy atom. The smallest absolute Gasteiger partial charge is 0.263 e. The fourth-order valence-corrected chi connectivity index (χ4v) is 6.53. The van der Waals surface area contributed by atoms with Crippen LogP contribution in [0.3, 0.4) is 0 Å². The van der Waals surface area contributed by atoms with Crippen LogP contribution in [0, 0.1) is 6.92 Å². The molecule has 0 aromatic carbocycles. The maximum absolute atomic E-state index is 13.5. The van der Waals surface area contributed by atoms with Gasteiger partial charge in [0.05, 0.1) is 5.56 Å². The Hall–Kier alpha value is -3.78. The Balaban J connectivity index is 1.18. The first kappa shape index (κ1) is 32.6. The van der Waals surface area contributed by atoms with Crippen LogP contribution < -0.4 is 16.4 Å². The minimum Gasteiger partial charge on any atom is -0.374 e. The van der Waals surface area contributed by atoms with Crippen LogP contribution in [0.5, 0.6) is 0 Å². The molecule has 1 saturated carbocycles. The molecule has 1 unspecified atom stereocenters. The normalized spacial score (nSPS) is 17.1. The highest BCUT2D eigenvalue weighted by atomic mass is 16.5. The van der Waals surface area contributed by atoms with Gasteiger partial charge in [-0.15, -0.1) is 0 Å². The molecule has 1 aliphatic heterocycles. The highest BCUT2D eigenvalue weighted by molar-refractivity contribution is 5.99. The summed E-state index contributed by atoms with van der Waals surface area (Å²) in [5, 5.41) is 23.4. The fourth-order valence-electron chi connectivity index (χ4n) is 6.53. The molecule has 3 aromatic heterocycles. The van der Waals surface area contributed by atoms with Crippen molar-refractivity contribution >= 4 is 34.5 Å². The number of carbonyl (C=O) groups excluding carboxylic acids is 2. The van der Waals surface area contributed by atoms with Gasteiger partial charge in [-0.25, -0.2) is 15.4 Å². The molecule has 13 nitrogen and oxygen atoms in total. The lowest BCUT2D eigenvalue weighted by Gasteiger charge is -2.37. The van der Waals surface area contributed by atoms with Gasteiger partial charge < -0.3 is 15.3 Å². The first-order chi connectivity index (χ1) is 21.8. The van der Waals surface area contributed by atoms with Crippen molar-refractivity contribution in [3.05, 3.63) is 51.6 Å². The highest BCUT2D eigenvalue weighted by Gasteiger charge is 2.26. The number of anilines is 2. The van der Waals surface area contributed by atoms with E-state index < -0.39 is 6.23 Å². The second kappa shape index (κ2) is 15.0. The highest BCUT2D eigenvalue weighted by Crippen LogP contribution is 2.32. The number of aliphatic hydroxyl groups is 1. The van der Waals surface area contributed by atoms with Gasteiger partial charge in [0.25, 0.3) is 5.56 Å². The number of rotatable bonds is 13. The Kier molecular flexibility index (Phi) is 10.9. The Labute approximate surface area is 262 Å². The summed E-state index contributed by atoms with van der Waals surface area (Å²) in [5.74, 6) is 0.227.